The standard InChI is InChI=1S/C12H19F3N2O/c1-9(12(13,14)15)10(18)17-6-3-11(4-7-17)2-5-16-8-11/h9,16H,2-8H2,1H3. The molecule has 0 aliphatic carbocycles. The third-order valence-corrected chi connectivity index (χ3v) is 4.33. The maximum atomic E-state index is 12.5. The zero-order valence-electron chi connectivity index (χ0n) is 10.5. The van der Waals surface area contributed by atoms with Gasteiger partial charge in [-0.2, -0.15) is 13.2 Å². The molecule has 1 N–H and O–H groups in total. The van der Waals surface area contributed by atoms with Crippen LogP contribution in [0.1, 0.15) is 26.2 Å². The number of carbonyl (C=O) groups excluding carboxylic acids is 1. The fourth-order valence-corrected chi connectivity index (χ4v) is 2.84. The molecular formula is C12H19F3N2O. The molecule has 0 aromatic heterocycles. The molecule has 2 saturated heterocycles. The second-order valence-electron chi connectivity index (χ2n) is 5.52. The minimum absolute atomic E-state index is 0.220. The van der Waals surface area contributed by atoms with Crippen LogP contribution in [0.3, 0.4) is 0 Å². The Hall–Kier alpha value is -0.780. The second kappa shape index (κ2) is 4.72. The predicted octanol–water partition coefficient (Wildman–Crippen LogP) is 1.79. The molecule has 3 nitrogen and oxygen atoms in total. The first-order valence-electron chi connectivity index (χ1n) is 6.40. The first-order chi connectivity index (χ1) is 8.34. The van der Waals surface area contributed by atoms with E-state index in [1.165, 1.54) is 4.90 Å². The lowest BCUT2D eigenvalue weighted by atomic mass is 9.77. The van der Waals surface area contributed by atoms with Crippen LogP contribution in [-0.4, -0.2) is 43.2 Å². The van der Waals surface area contributed by atoms with Crippen molar-refractivity contribution < 1.29 is 18.0 Å². The third kappa shape index (κ3) is 2.63. The van der Waals surface area contributed by atoms with Crippen molar-refractivity contribution in [2.24, 2.45) is 11.3 Å². The summed E-state index contributed by atoms with van der Waals surface area (Å²) in [7, 11) is 0. The van der Waals surface area contributed by atoms with Crippen molar-refractivity contribution in [3.8, 4) is 0 Å². The number of amides is 1. The van der Waals surface area contributed by atoms with E-state index >= 15 is 0 Å². The maximum absolute atomic E-state index is 12.5. The summed E-state index contributed by atoms with van der Waals surface area (Å²) >= 11 is 0. The Morgan fingerprint density at radius 3 is 2.33 bits per heavy atom. The van der Waals surface area contributed by atoms with E-state index in [-0.39, 0.29) is 5.41 Å². The zero-order valence-corrected chi connectivity index (χ0v) is 10.5. The Labute approximate surface area is 105 Å². The van der Waals surface area contributed by atoms with Crippen LogP contribution in [0.15, 0.2) is 0 Å². The van der Waals surface area contributed by atoms with E-state index in [2.05, 4.69) is 5.32 Å². The van der Waals surface area contributed by atoms with Crippen molar-refractivity contribution in [3.05, 3.63) is 0 Å². The third-order valence-electron chi connectivity index (χ3n) is 4.33. The molecule has 6 heteroatoms. The number of rotatable bonds is 1. The highest BCUT2D eigenvalue weighted by molar-refractivity contribution is 5.79. The van der Waals surface area contributed by atoms with Crippen LogP contribution in [0.25, 0.3) is 0 Å². The van der Waals surface area contributed by atoms with Gasteiger partial charge in [0.2, 0.25) is 5.91 Å². The number of nitrogens with one attached hydrogen (secondary N) is 1. The van der Waals surface area contributed by atoms with Crippen LogP contribution in [0.4, 0.5) is 13.2 Å². The summed E-state index contributed by atoms with van der Waals surface area (Å²) < 4.78 is 37.5. The molecule has 1 amide bonds. The first-order valence-corrected chi connectivity index (χ1v) is 6.40. The molecule has 2 aliphatic rings. The number of hydrogen-bond donors (Lipinski definition) is 1. The van der Waals surface area contributed by atoms with Crippen LogP contribution in [0.2, 0.25) is 0 Å². The summed E-state index contributed by atoms with van der Waals surface area (Å²) in [6, 6.07) is 0. The second-order valence-corrected chi connectivity index (χ2v) is 5.52. The van der Waals surface area contributed by atoms with Gasteiger partial charge in [-0.3, -0.25) is 4.79 Å². The SMILES string of the molecule is CC(C(=O)N1CCC2(CCNC2)CC1)C(F)(F)F. The summed E-state index contributed by atoms with van der Waals surface area (Å²) in [6.07, 6.45) is -1.72. The molecule has 2 rings (SSSR count). The Morgan fingerprint density at radius 1 is 1.28 bits per heavy atom. The monoisotopic (exact) mass is 264 g/mol. The number of likely N-dealkylation sites (tertiary alicyclic amines) is 1. The molecule has 104 valence electrons. The van der Waals surface area contributed by atoms with E-state index in [4.69, 9.17) is 0 Å². The van der Waals surface area contributed by atoms with E-state index in [0.717, 1.165) is 39.3 Å². The zero-order chi connectivity index (χ0) is 13.4. The number of piperidine rings is 1. The van der Waals surface area contributed by atoms with Gasteiger partial charge in [0, 0.05) is 19.6 Å². The van der Waals surface area contributed by atoms with Gasteiger partial charge in [-0.15, -0.1) is 0 Å². The van der Waals surface area contributed by atoms with Crippen LogP contribution in [0, 0.1) is 11.3 Å². The van der Waals surface area contributed by atoms with Crippen LogP contribution < -0.4 is 5.32 Å². The molecule has 0 aromatic carbocycles. The van der Waals surface area contributed by atoms with Crippen molar-refractivity contribution in [2.75, 3.05) is 26.2 Å². The molecule has 0 saturated carbocycles. The molecule has 0 radical (unpaired) electrons. The minimum Gasteiger partial charge on any atom is -0.342 e. The van der Waals surface area contributed by atoms with Gasteiger partial charge in [-0.05, 0) is 38.1 Å². The van der Waals surface area contributed by atoms with Gasteiger partial charge >= 0.3 is 6.18 Å². The molecular weight excluding hydrogens is 245 g/mol. The number of carbonyl (C=O) groups is 1. The maximum Gasteiger partial charge on any atom is 0.400 e. The van der Waals surface area contributed by atoms with Crippen molar-refractivity contribution in [1.82, 2.24) is 10.2 Å². The normalized spacial score (nSPS) is 25.4. The largest absolute Gasteiger partial charge is 0.400 e. The van der Waals surface area contributed by atoms with Gasteiger partial charge in [0.25, 0.3) is 0 Å². The van der Waals surface area contributed by atoms with Gasteiger partial charge in [0.05, 0.1) is 0 Å². The van der Waals surface area contributed by atoms with E-state index in [9.17, 15) is 18.0 Å². The summed E-state index contributed by atoms with van der Waals surface area (Å²) in [5, 5.41) is 3.29. The molecule has 2 aliphatic heterocycles. The number of halogens is 3. The van der Waals surface area contributed by atoms with Crippen LogP contribution >= 0.6 is 0 Å². The molecule has 2 fully saturated rings. The molecule has 0 bridgehead atoms. The fourth-order valence-electron chi connectivity index (χ4n) is 2.84. The average Bonchev–Trinajstić information content (AvgIpc) is 2.75. The Kier molecular flexibility index (Phi) is 3.58. The predicted molar refractivity (Wildman–Crippen MR) is 61.0 cm³/mol. The van der Waals surface area contributed by atoms with Crippen molar-refractivity contribution in [1.29, 1.82) is 0 Å². The van der Waals surface area contributed by atoms with Gasteiger partial charge < -0.3 is 10.2 Å². The Balaban J connectivity index is 1.91. The number of nitrogens with zero attached hydrogens (tertiary/aromatic N) is 1. The summed E-state index contributed by atoms with van der Waals surface area (Å²) in [6.45, 7) is 3.78. The average molecular weight is 264 g/mol. The summed E-state index contributed by atoms with van der Waals surface area (Å²) in [4.78, 5) is 13.1. The van der Waals surface area contributed by atoms with Gasteiger partial charge in [-0.1, -0.05) is 0 Å². The molecule has 2 heterocycles. The van der Waals surface area contributed by atoms with E-state index in [1.807, 2.05) is 0 Å². The van der Waals surface area contributed by atoms with Gasteiger partial charge in [0.1, 0.15) is 5.92 Å². The topological polar surface area (TPSA) is 32.3 Å². The van der Waals surface area contributed by atoms with Crippen LogP contribution in [-0.2, 0) is 4.79 Å². The summed E-state index contributed by atoms with van der Waals surface area (Å²) in [5.41, 5.74) is 0.220. The van der Waals surface area contributed by atoms with E-state index < -0.39 is 18.0 Å². The van der Waals surface area contributed by atoms with Crippen molar-refractivity contribution >= 4 is 5.91 Å². The van der Waals surface area contributed by atoms with E-state index in [0.29, 0.717) is 13.1 Å². The smallest absolute Gasteiger partial charge is 0.342 e. The summed E-state index contributed by atoms with van der Waals surface area (Å²) in [5.74, 6) is -2.66. The molecule has 1 atom stereocenters. The van der Waals surface area contributed by atoms with Gasteiger partial charge in [0.15, 0.2) is 0 Å². The Bertz CT molecular complexity index is 314. The lowest BCUT2D eigenvalue weighted by molar-refractivity contribution is -0.186. The Morgan fingerprint density at radius 2 is 1.89 bits per heavy atom. The molecule has 1 spiro atoms. The van der Waals surface area contributed by atoms with Crippen molar-refractivity contribution in [3.63, 3.8) is 0 Å². The van der Waals surface area contributed by atoms with Crippen LogP contribution in [0.5, 0.6) is 0 Å². The quantitative estimate of drug-likeness (QED) is 0.783. The lowest BCUT2D eigenvalue weighted by Gasteiger charge is -2.39. The number of alkyl halides is 3. The molecule has 0 aromatic rings. The molecule has 18 heavy (non-hydrogen) atoms. The fraction of sp³-hybridized carbons (Fsp3) is 0.917. The van der Waals surface area contributed by atoms with E-state index in [1.54, 1.807) is 0 Å². The number of hydrogen-bond acceptors (Lipinski definition) is 2. The van der Waals surface area contributed by atoms with Gasteiger partial charge in [-0.25, -0.2) is 0 Å². The highest BCUT2D eigenvalue weighted by Gasteiger charge is 2.45. The highest BCUT2D eigenvalue weighted by atomic mass is 19.4. The first kappa shape index (κ1) is 13.6. The minimum atomic E-state index is -4.43. The van der Waals surface area contributed by atoms with Crippen molar-refractivity contribution in [2.45, 2.75) is 32.4 Å². The highest BCUT2D eigenvalue weighted by Crippen LogP contribution is 2.38. The lowest BCUT2D eigenvalue weighted by Crippen LogP contribution is -2.48. The molecule has 1 unspecified atom stereocenters.